The highest BCUT2D eigenvalue weighted by Gasteiger charge is 2.26. The zero-order chi connectivity index (χ0) is 19.2. The van der Waals surface area contributed by atoms with Gasteiger partial charge in [-0.3, -0.25) is 0 Å². The number of benzene rings is 2. The monoisotopic (exact) mass is 376 g/mol. The lowest BCUT2D eigenvalue weighted by Gasteiger charge is -2.22. The summed E-state index contributed by atoms with van der Waals surface area (Å²) in [5.74, 6) is -0.559. The molecular formula is C19H24N2O4S. The molecule has 0 saturated heterocycles. The number of methoxy groups -OCH3 is 1. The average Bonchev–Trinajstić information content (AvgIpc) is 2.65. The number of hydrogen-bond donors (Lipinski definition) is 1. The first-order chi connectivity index (χ1) is 12.4. The topological polar surface area (TPSA) is 89.7 Å². The number of nitrogens with two attached hydrogens (primary N) is 1. The van der Waals surface area contributed by atoms with E-state index in [4.69, 9.17) is 10.5 Å². The summed E-state index contributed by atoms with van der Waals surface area (Å²) in [6.45, 7) is 2.67. The maximum atomic E-state index is 13.2. The second-order valence-corrected chi connectivity index (χ2v) is 7.87. The van der Waals surface area contributed by atoms with Gasteiger partial charge in [-0.2, -0.15) is 4.31 Å². The highest BCUT2D eigenvalue weighted by atomic mass is 32.2. The van der Waals surface area contributed by atoms with Crippen molar-refractivity contribution in [2.75, 3.05) is 20.2 Å². The van der Waals surface area contributed by atoms with E-state index in [1.165, 1.54) is 23.5 Å². The molecule has 2 aromatic carbocycles. The van der Waals surface area contributed by atoms with Crippen molar-refractivity contribution in [2.24, 2.45) is 5.73 Å². The molecule has 0 amide bonds. The Bertz CT molecular complexity index is 851. The minimum atomic E-state index is -3.78. The molecule has 2 N–H and O–H groups in total. The number of esters is 1. The Morgan fingerprint density at radius 1 is 1.15 bits per heavy atom. The molecule has 0 aliphatic carbocycles. The van der Waals surface area contributed by atoms with Crippen molar-refractivity contribution in [3.05, 3.63) is 65.2 Å². The minimum Gasteiger partial charge on any atom is -0.465 e. The van der Waals surface area contributed by atoms with Crippen LogP contribution >= 0.6 is 0 Å². The van der Waals surface area contributed by atoms with Crippen LogP contribution in [0.1, 0.15) is 27.9 Å². The van der Waals surface area contributed by atoms with Crippen LogP contribution in [0, 0.1) is 6.92 Å². The van der Waals surface area contributed by atoms with Crippen molar-refractivity contribution >= 4 is 16.0 Å². The van der Waals surface area contributed by atoms with E-state index in [9.17, 15) is 13.2 Å². The predicted molar refractivity (Wildman–Crippen MR) is 100 cm³/mol. The molecule has 0 spiro atoms. The van der Waals surface area contributed by atoms with E-state index in [1.54, 1.807) is 13.0 Å². The molecule has 2 aromatic rings. The number of carbonyl (C=O) groups is 1. The fourth-order valence-electron chi connectivity index (χ4n) is 2.58. The molecule has 0 radical (unpaired) electrons. The first-order valence-corrected chi connectivity index (χ1v) is 9.77. The maximum Gasteiger partial charge on any atom is 0.338 e. The van der Waals surface area contributed by atoms with E-state index >= 15 is 0 Å². The van der Waals surface area contributed by atoms with Crippen LogP contribution in [-0.2, 0) is 21.3 Å². The van der Waals surface area contributed by atoms with Crippen LogP contribution in [0.15, 0.2) is 53.4 Å². The third-order valence-corrected chi connectivity index (χ3v) is 5.91. The molecule has 6 nitrogen and oxygen atoms in total. The highest BCUT2D eigenvalue weighted by molar-refractivity contribution is 7.89. The Labute approximate surface area is 154 Å². The van der Waals surface area contributed by atoms with Gasteiger partial charge in [-0.15, -0.1) is 0 Å². The van der Waals surface area contributed by atoms with Crippen molar-refractivity contribution in [2.45, 2.75) is 24.8 Å². The van der Waals surface area contributed by atoms with Gasteiger partial charge >= 0.3 is 5.97 Å². The molecule has 0 bridgehead atoms. The molecular weight excluding hydrogens is 352 g/mol. The van der Waals surface area contributed by atoms with Crippen LogP contribution in [-0.4, -0.2) is 38.9 Å². The van der Waals surface area contributed by atoms with Crippen molar-refractivity contribution in [3.8, 4) is 0 Å². The van der Waals surface area contributed by atoms with Crippen LogP contribution in [0.2, 0.25) is 0 Å². The van der Waals surface area contributed by atoms with Gasteiger partial charge in [-0.25, -0.2) is 13.2 Å². The van der Waals surface area contributed by atoms with Crippen LogP contribution in [0.5, 0.6) is 0 Å². The van der Waals surface area contributed by atoms with E-state index in [-0.39, 0.29) is 17.0 Å². The molecule has 0 aliphatic rings. The fraction of sp³-hybridized carbons (Fsp3) is 0.316. The van der Waals surface area contributed by atoms with Gasteiger partial charge in [-0.1, -0.05) is 36.4 Å². The minimum absolute atomic E-state index is 0.0662. The lowest BCUT2D eigenvalue weighted by Crippen LogP contribution is -2.32. The summed E-state index contributed by atoms with van der Waals surface area (Å²) >= 11 is 0. The van der Waals surface area contributed by atoms with E-state index < -0.39 is 16.0 Å². The predicted octanol–water partition coefficient (Wildman–Crippen LogP) is 2.32. The summed E-state index contributed by atoms with van der Waals surface area (Å²) in [6.07, 6.45) is 0.543. The number of hydrogen-bond acceptors (Lipinski definition) is 5. The third kappa shape index (κ3) is 4.69. The van der Waals surface area contributed by atoms with Crippen molar-refractivity contribution in [1.82, 2.24) is 4.31 Å². The molecule has 0 unspecified atom stereocenters. The van der Waals surface area contributed by atoms with Gasteiger partial charge in [0.2, 0.25) is 10.0 Å². The SMILES string of the molecule is COC(=O)c1cc(S(=O)(=O)N(CCCN)Cc2ccccc2)ccc1C. The molecule has 0 heterocycles. The molecule has 140 valence electrons. The number of rotatable bonds is 8. The van der Waals surface area contributed by atoms with Crippen LogP contribution in [0.4, 0.5) is 0 Å². The van der Waals surface area contributed by atoms with Crippen LogP contribution in [0.25, 0.3) is 0 Å². The maximum absolute atomic E-state index is 13.2. The first kappa shape index (κ1) is 20.1. The van der Waals surface area contributed by atoms with Gasteiger partial charge < -0.3 is 10.5 Å². The zero-order valence-corrected chi connectivity index (χ0v) is 15.8. The molecule has 0 saturated carbocycles. The van der Waals surface area contributed by atoms with Crippen molar-refractivity contribution in [1.29, 1.82) is 0 Å². The normalized spacial score (nSPS) is 11.5. The van der Waals surface area contributed by atoms with Gasteiger partial charge in [0.15, 0.2) is 0 Å². The third-order valence-electron chi connectivity index (χ3n) is 4.07. The lowest BCUT2D eigenvalue weighted by atomic mass is 10.1. The van der Waals surface area contributed by atoms with E-state index in [2.05, 4.69) is 0 Å². The molecule has 0 fully saturated rings. The zero-order valence-electron chi connectivity index (χ0n) is 15.0. The average molecular weight is 376 g/mol. The highest BCUT2D eigenvalue weighted by Crippen LogP contribution is 2.22. The first-order valence-electron chi connectivity index (χ1n) is 8.33. The second kappa shape index (κ2) is 8.93. The summed E-state index contributed by atoms with van der Waals surface area (Å²) in [5, 5.41) is 0. The van der Waals surface area contributed by atoms with Gasteiger partial charge in [0.1, 0.15) is 0 Å². The summed E-state index contributed by atoms with van der Waals surface area (Å²) in [6, 6.07) is 13.9. The second-order valence-electron chi connectivity index (χ2n) is 5.93. The van der Waals surface area contributed by atoms with E-state index in [1.807, 2.05) is 30.3 Å². The Hall–Kier alpha value is -2.22. The van der Waals surface area contributed by atoms with Crippen molar-refractivity contribution in [3.63, 3.8) is 0 Å². The van der Waals surface area contributed by atoms with Gasteiger partial charge in [-0.05, 0) is 43.1 Å². The summed E-state index contributed by atoms with van der Waals surface area (Å²) < 4.78 is 32.4. The molecule has 7 heteroatoms. The van der Waals surface area contributed by atoms with Gasteiger partial charge in [0.05, 0.1) is 17.6 Å². The lowest BCUT2D eigenvalue weighted by molar-refractivity contribution is 0.0599. The van der Waals surface area contributed by atoms with Gasteiger partial charge in [0.25, 0.3) is 0 Å². The van der Waals surface area contributed by atoms with Crippen molar-refractivity contribution < 1.29 is 17.9 Å². The molecule has 0 aromatic heterocycles. The largest absolute Gasteiger partial charge is 0.465 e. The standard InChI is InChI=1S/C19H24N2O4S/c1-15-9-10-17(13-18(15)19(22)25-2)26(23,24)21(12-6-11-20)14-16-7-4-3-5-8-16/h3-5,7-10,13H,6,11-12,14,20H2,1-2H3. The Kier molecular flexibility index (Phi) is 6.90. The fourth-order valence-corrected chi connectivity index (χ4v) is 4.07. The number of ether oxygens (including phenoxy) is 1. The van der Waals surface area contributed by atoms with Crippen LogP contribution in [0.3, 0.4) is 0 Å². The molecule has 26 heavy (non-hydrogen) atoms. The number of sulfonamides is 1. The molecule has 0 atom stereocenters. The smallest absolute Gasteiger partial charge is 0.338 e. The summed E-state index contributed by atoms with van der Waals surface area (Å²) in [7, 11) is -2.51. The van der Waals surface area contributed by atoms with E-state index in [0.717, 1.165) is 5.56 Å². The Morgan fingerprint density at radius 2 is 1.85 bits per heavy atom. The summed E-state index contributed by atoms with van der Waals surface area (Å²) in [5.41, 5.74) is 7.36. The Balaban J connectivity index is 2.41. The van der Waals surface area contributed by atoms with Gasteiger partial charge in [0, 0.05) is 13.1 Å². The summed E-state index contributed by atoms with van der Waals surface area (Å²) in [4.78, 5) is 12.0. The molecule has 2 rings (SSSR count). The number of carbonyl (C=O) groups excluding carboxylic acids is 1. The molecule has 0 aliphatic heterocycles. The quantitative estimate of drug-likeness (QED) is 0.714. The Morgan fingerprint density at radius 3 is 2.46 bits per heavy atom. The number of aryl methyl sites for hydroxylation is 1. The number of nitrogens with zero attached hydrogens (tertiary/aromatic N) is 1. The van der Waals surface area contributed by atoms with Crippen LogP contribution < -0.4 is 5.73 Å². The van der Waals surface area contributed by atoms with E-state index in [0.29, 0.717) is 25.1 Å².